The number of aromatic nitrogens is 2. The van der Waals surface area contributed by atoms with Crippen LogP contribution in [0.1, 0.15) is 48.9 Å². The molecule has 0 aliphatic heterocycles. The van der Waals surface area contributed by atoms with Crippen LogP contribution in [0.15, 0.2) is 17.2 Å². The van der Waals surface area contributed by atoms with Crippen LogP contribution in [-0.4, -0.2) is 21.3 Å². The largest absolute Gasteiger partial charge is 0.507 e. The molecular weight excluding hydrogens is 320 g/mol. The minimum atomic E-state index is 0.199. The third-order valence-corrected chi connectivity index (χ3v) is 4.68. The minimum Gasteiger partial charge on any atom is -0.507 e. The highest BCUT2D eigenvalue weighted by molar-refractivity contribution is 7.98. The molecule has 1 aromatic heterocycles. The number of phenols is 1. The van der Waals surface area contributed by atoms with Crippen LogP contribution in [0, 0.1) is 0 Å². The van der Waals surface area contributed by atoms with Crippen molar-refractivity contribution >= 4 is 23.5 Å². The highest BCUT2D eigenvalue weighted by Crippen LogP contribution is 2.31. The Morgan fingerprint density at radius 1 is 1.04 bits per heavy atom. The molecule has 2 aromatic rings. The number of nitrogen functional groups attached to an aromatic ring is 2. The predicted octanol–water partition coefficient (Wildman–Crippen LogP) is 3.56. The maximum absolute atomic E-state index is 10.5. The zero-order valence-electron chi connectivity index (χ0n) is 14.6. The average Bonchev–Trinajstić information content (AvgIpc) is 2.54. The van der Waals surface area contributed by atoms with Gasteiger partial charge in [-0.3, -0.25) is 0 Å². The zero-order valence-corrected chi connectivity index (χ0v) is 15.4. The van der Waals surface area contributed by atoms with E-state index >= 15 is 0 Å². The van der Waals surface area contributed by atoms with Crippen LogP contribution in [0.5, 0.6) is 5.75 Å². The summed E-state index contributed by atoms with van der Waals surface area (Å²) in [6.07, 6.45) is 6.29. The molecule has 24 heavy (non-hydrogen) atoms. The Bertz CT molecular complexity index is 691. The maximum atomic E-state index is 10.5. The number of aromatic hydroxyl groups is 1. The molecule has 5 nitrogen and oxygen atoms in total. The zero-order chi connectivity index (χ0) is 17.7. The Morgan fingerprint density at radius 2 is 1.62 bits per heavy atom. The second-order valence-corrected chi connectivity index (χ2v) is 6.69. The summed E-state index contributed by atoms with van der Waals surface area (Å²) in [5.41, 5.74) is 15.8. The van der Waals surface area contributed by atoms with E-state index in [0.717, 1.165) is 53.0 Å². The fraction of sp³-hybridized carbons (Fsp3) is 0.444. The molecule has 0 radical (unpaired) electrons. The highest BCUT2D eigenvalue weighted by atomic mass is 32.2. The van der Waals surface area contributed by atoms with Crippen LogP contribution in [0.3, 0.4) is 0 Å². The molecule has 1 aromatic carbocycles. The number of hydrogen-bond acceptors (Lipinski definition) is 6. The van der Waals surface area contributed by atoms with Gasteiger partial charge in [0.2, 0.25) is 5.95 Å². The molecule has 6 heteroatoms. The number of phenolic OH excluding ortho intramolecular Hbond substituents is 1. The smallest absolute Gasteiger partial charge is 0.223 e. The van der Waals surface area contributed by atoms with Crippen LogP contribution < -0.4 is 11.5 Å². The molecule has 0 aliphatic carbocycles. The fourth-order valence-electron chi connectivity index (χ4n) is 2.89. The lowest BCUT2D eigenvalue weighted by Gasteiger charge is -2.14. The van der Waals surface area contributed by atoms with Crippen molar-refractivity contribution in [3.05, 3.63) is 34.4 Å². The number of aryl methyl sites for hydroxylation is 2. The summed E-state index contributed by atoms with van der Waals surface area (Å²) < 4.78 is 0. The van der Waals surface area contributed by atoms with E-state index in [1.807, 2.05) is 6.26 Å². The van der Waals surface area contributed by atoms with Crippen molar-refractivity contribution in [1.82, 2.24) is 9.97 Å². The maximum Gasteiger partial charge on any atom is 0.223 e. The molecule has 5 N–H and O–H groups in total. The number of hydrogen-bond donors (Lipinski definition) is 3. The molecule has 0 aliphatic rings. The summed E-state index contributed by atoms with van der Waals surface area (Å²) in [7, 11) is 0. The van der Waals surface area contributed by atoms with Crippen LogP contribution >= 0.6 is 11.8 Å². The van der Waals surface area contributed by atoms with Gasteiger partial charge in [0.15, 0.2) is 0 Å². The Labute approximate surface area is 147 Å². The normalized spacial score (nSPS) is 11.0. The van der Waals surface area contributed by atoms with E-state index in [1.165, 1.54) is 11.8 Å². The van der Waals surface area contributed by atoms with Crippen LogP contribution in [0.4, 0.5) is 11.8 Å². The molecule has 0 bridgehead atoms. The lowest BCUT2D eigenvalue weighted by molar-refractivity contribution is 0.459. The first-order chi connectivity index (χ1) is 11.5. The van der Waals surface area contributed by atoms with Gasteiger partial charge in [-0.05, 0) is 35.8 Å². The van der Waals surface area contributed by atoms with Gasteiger partial charge in [-0.15, -0.1) is 11.8 Å². The van der Waals surface area contributed by atoms with Crippen molar-refractivity contribution in [2.24, 2.45) is 0 Å². The topological polar surface area (TPSA) is 98.0 Å². The van der Waals surface area contributed by atoms with E-state index in [4.69, 9.17) is 11.5 Å². The summed E-state index contributed by atoms with van der Waals surface area (Å²) >= 11 is 1.51. The summed E-state index contributed by atoms with van der Waals surface area (Å²) in [6, 6.07) is 4.13. The van der Waals surface area contributed by atoms with Crippen molar-refractivity contribution in [1.29, 1.82) is 0 Å². The van der Waals surface area contributed by atoms with E-state index in [0.29, 0.717) is 18.0 Å². The standard InChI is InChI=1S/C18H26N4OS/c1-4-6-12-8-11(9-13(7-5-2)15(12)23)10-14-16(19)21-18(20)22-17(14)24-3/h8-9,23H,4-7,10H2,1-3H3,(H4,19,20,21,22). The first-order valence-electron chi connectivity index (χ1n) is 8.29. The van der Waals surface area contributed by atoms with Gasteiger partial charge in [0, 0.05) is 12.0 Å². The van der Waals surface area contributed by atoms with Crippen molar-refractivity contribution < 1.29 is 5.11 Å². The molecule has 0 atom stereocenters. The molecule has 130 valence electrons. The predicted molar refractivity (Wildman–Crippen MR) is 102 cm³/mol. The van der Waals surface area contributed by atoms with Gasteiger partial charge in [0.25, 0.3) is 0 Å². The summed E-state index contributed by atoms with van der Waals surface area (Å²) in [5, 5.41) is 11.3. The monoisotopic (exact) mass is 346 g/mol. The molecular formula is C18H26N4OS. The summed E-state index contributed by atoms with van der Waals surface area (Å²) in [6.45, 7) is 4.23. The Balaban J connectivity index is 2.46. The summed E-state index contributed by atoms with van der Waals surface area (Å²) in [4.78, 5) is 8.38. The van der Waals surface area contributed by atoms with Gasteiger partial charge < -0.3 is 16.6 Å². The van der Waals surface area contributed by atoms with Gasteiger partial charge in [-0.1, -0.05) is 38.8 Å². The van der Waals surface area contributed by atoms with Gasteiger partial charge >= 0.3 is 0 Å². The van der Waals surface area contributed by atoms with Crippen LogP contribution in [0.25, 0.3) is 0 Å². The van der Waals surface area contributed by atoms with E-state index in [1.54, 1.807) is 0 Å². The second-order valence-electron chi connectivity index (χ2n) is 5.89. The van der Waals surface area contributed by atoms with Crippen molar-refractivity contribution in [3.8, 4) is 5.75 Å². The Morgan fingerprint density at radius 3 is 2.12 bits per heavy atom. The molecule has 0 fully saturated rings. The first-order valence-corrected chi connectivity index (χ1v) is 9.52. The lowest BCUT2D eigenvalue weighted by Crippen LogP contribution is -2.07. The van der Waals surface area contributed by atoms with Crippen molar-refractivity contribution in [2.75, 3.05) is 17.7 Å². The Kier molecular flexibility index (Phi) is 6.31. The first kappa shape index (κ1) is 18.4. The molecule has 0 saturated heterocycles. The van der Waals surface area contributed by atoms with E-state index in [-0.39, 0.29) is 5.95 Å². The summed E-state index contributed by atoms with van der Waals surface area (Å²) in [5.74, 6) is 1.06. The molecule has 0 spiro atoms. The third kappa shape index (κ3) is 4.12. The average molecular weight is 347 g/mol. The third-order valence-electron chi connectivity index (χ3n) is 3.96. The van der Waals surface area contributed by atoms with Crippen LogP contribution in [-0.2, 0) is 19.3 Å². The number of thioether (sulfide) groups is 1. The van der Waals surface area contributed by atoms with Gasteiger partial charge in [0.1, 0.15) is 16.6 Å². The van der Waals surface area contributed by atoms with Crippen molar-refractivity contribution in [3.63, 3.8) is 0 Å². The lowest BCUT2D eigenvalue weighted by atomic mass is 9.95. The number of nitrogens with zero attached hydrogens (tertiary/aromatic N) is 2. The second kappa shape index (κ2) is 8.24. The van der Waals surface area contributed by atoms with Crippen molar-refractivity contribution in [2.45, 2.75) is 51.0 Å². The SMILES string of the molecule is CCCc1cc(Cc2c(N)nc(N)nc2SC)cc(CCC)c1O. The molecule has 0 saturated carbocycles. The molecule has 2 rings (SSSR count). The highest BCUT2D eigenvalue weighted by Gasteiger charge is 2.15. The number of anilines is 2. The number of benzene rings is 1. The molecule has 1 heterocycles. The van der Waals surface area contributed by atoms with Gasteiger partial charge in [-0.2, -0.15) is 4.98 Å². The van der Waals surface area contributed by atoms with Gasteiger partial charge in [0.05, 0.1) is 0 Å². The number of nitrogens with two attached hydrogens (primary N) is 2. The van der Waals surface area contributed by atoms with Crippen LogP contribution in [0.2, 0.25) is 0 Å². The number of rotatable bonds is 7. The fourth-order valence-corrected chi connectivity index (χ4v) is 3.50. The van der Waals surface area contributed by atoms with Gasteiger partial charge in [-0.25, -0.2) is 4.98 Å². The molecule has 0 unspecified atom stereocenters. The Hall–Kier alpha value is -1.95. The van der Waals surface area contributed by atoms with E-state index in [9.17, 15) is 5.11 Å². The molecule has 0 amide bonds. The minimum absolute atomic E-state index is 0.199. The van der Waals surface area contributed by atoms with E-state index < -0.39 is 0 Å². The van der Waals surface area contributed by atoms with E-state index in [2.05, 4.69) is 35.9 Å². The quantitative estimate of drug-likeness (QED) is 0.524.